The molecule has 0 radical (unpaired) electrons. The van der Waals surface area contributed by atoms with E-state index in [0.29, 0.717) is 19.0 Å². The zero-order valence-electron chi connectivity index (χ0n) is 13.4. The van der Waals surface area contributed by atoms with Gasteiger partial charge in [-0.1, -0.05) is 25.7 Å². The van der Waals surface area contributed by atoms with E-state index in [4.69, 9.17) is 0 Å². The topological polar surface area (TPSA) is 61.4 Å². The van der Waals surface area contributed by atoms with E-state index < -0.39 is 0 Å². The van der Waals surface area contributed by atoms with E-state index in [1.165, 1.54) is 38.5 Å². The number of likely N-dealkylation sites (tertiary alicyclic amines) is 1. The Morgan fingerprint density at radius 3 is 2.45 bits per heavy atom. The Bertz CT molecular complexity index is 344. The minimum absolute atomic E-state index is 0. The molecule has 0 unspecified atom stereocenters. The van der Waals surface area contributed by atoms with Gasteiger partial charge in [-0.2, -0.15) is 0 Å². The molecule has 0 aromatic carbocycles. The van der Waals surface area contributed by atoms with Gasteiger partial charge >= 0.3 is 0 Å². The van der Waals surface area contributed by atoms with Crippen LogP contribution in [0, 0.1) is 0 Å². The Labute approximate surface area is 140 Å². The molecular formula is C16H30ClN3O2. The second-order valence-electron chi connectivity index (χ2n) is 6.26. The van der Waals surface area contributed by atoms with Crippen LogP contribution < -0.4 is 10.6 Å². The van der Waals surface area contributed by atoms with Crippen LogP contribution in [-0.4, -0.2) is 48.9 Å². The summed E-state index contributed by atoms with van der Waals surface area (Å²) in [6.45, 7) is 2.43. The van der Waals surface area contributed by atoms with Gasteiger partial charge < -0.3 is 15.5 Å². The molecule has 1 heterocycles. The molecule has 128 valence electrons. The van der Waals surface area contributed by atoms with E-state index in [1.807, 2.05) is 0 Å². The Balaban J connectivity index is 0.00000242. The van der Waals surface area contributed by atoms with Crippen molar-refractivity contribution >= 4 is 24.2 Å². The first-order valence-electron chi connectivity index (χ1n) is 8.53. The maximum atomic E-state index is 11.8. The maximum absolute atomic E-state index is 11.8. The van der Waals surface area contributed by atoms with E-state index in [0.717, 1.165) is 25.9 Å². The quantitative estimate of drug-likeness (QED) is 0.577. The molecule has 2 rings (SSSR count). The number of amides is 2. The highest BCUT2D eigenvalue weighted by molar-refractivity contribution is 5.85. The summed E-state index contributed by atoms with van der Waals surface area (Å²) in [5, 5.41) is 6.44. The van der Waals surface area contributed by atoms with Gasteiger partial charge in [0, 0.05) is 32.1 Å². The molecule has 6 heteroatoms. The minimum Gasteiger partial charge on any atom is -0.353 e. The van der Waals surface area contributed by atoms with Crippen LogP contribution in [0.25, 0.3) is 0 Å². The van der Waals surface area contributed by atoms with Gasteiger partial charge in [0.15, 0.2) is 0 Å². The molecule has 1 aliphatic heterocycles. The lowest BCUT2D eigenvalue weighted by Crippen LogP contribution is -2.44. The molecule has 5 nitrogen and oxygen atoms in total. The molecule has 2 fully saturated rings. The summed E-state index contributed by atoms with van der Waals surface area (Å²) >= 11 is 0. The van der Waals surface area contributed by atoms with E-state index in [9.17, 15) is 9.59 Å². The van der Waals surface area contributed by atoms with Crippen molar-refractivity contribution in [1.82, 2.24) is 15.5 Å². The molecule has 2 aliphatic rings. The molecule has 0 aromatic heterocycles. The van der Waals surface area contributed by atoms with Gasteiger partial charge in [0.25, 0.3) is 0 Å². The van der Waals surface area contributed by atoms with Gasteiger partial charge in [-0.15, -0.1) is 12.4 Å². The van der Waals surface area contributed by atoms with Gasteiger partial charge in [0.1, 0.15) is 0 Å². The number of nitrogens with zero attached hydrogens (tertiary/aromatic N) is 1. The number of halogens is 1. The normalized spacial score (nSPS) is 20.2. The van der Waals surface area contributed by atoms with Crippen LogP contribution >= 0.6 is 12.4 Å². The van der Waals surface area contributed by atoms with Gasteiger partial charge in [-0.3, -0.25) is 9.59 Å². The standard InChI is InChI=1S/C16H29N3O2.ClH/c20-15(13-19-12-6-5-9-16(19)21)18-11-10-17-14-7-3-1-2-4-8-14;/h14,17H,1-13H2,(H,18,20);1H. The van der Waals surface area contributed by atoms with Gasteiger partial charge in [0.05, 0.1) is 6.54 Å². The molecule has 0 atom stereocenters. The highest BCUT2D eigenvalue weighted by Crippen LogP contribution is 2.16. The fourth-order valence-electron chi connectivity index (χ4n) is 3.22. The van der Waals surface area contributed by atoms with Crippen LogP contribution in [0.5, 0.6) is 0 Å². The first-order valence-corrected chi connectivity index (χ1v) is 8.53. The average Bonchev–Trinajstić information content (AvgIpc) is 2.75. The second-order valence-corrected chi connectivity index (χ2v) is 6.26. The van der Waals surface area contributed by atoms with Gasteiger partial charge in [0.2, 0.25) is 11.8 Å². The predicted octanol–water partition coefficient (Wildman–Crippen LogP) is 1.85. The molecule has 0 aromatic rings. The lowest BCUT2D eigenvalue weighted by Gasteiger charge is -2.26. The number of rotatable bonds is 6. The Morgan fingerprint density at radius 2 is 1.77 bits per heavy atom. The minimum atomic E-state index is -0.0343. The first-order chi connectivity index (χ1) is 10.3. The third kappa shape index (κ3) is 6.97. The van der Waals surface area contributed by atoms with E-state index in [2.05, 4.69) is 10.6 Å². The zero-order valence-corrected chi connectivity index (χ0v) is 14.3. The smallest absolute Gasteiger partial charge is 0.239 e. The molecule has 0 spiro atoms. The number of hydrogen-bond donors (Lipinski definition) is 2. The zero-order chi connectivity index (χ0) is 14.9. The van der Waals surface area contributed by atoms with Gasteiger partial charge in [-0.25, -0.2) is 0 Å². The lowest BCUT2D eigenvalue weighted by atomic mass is 10.1. The number of piperidine rings is 1. The average molecular weight is 332 g/mol. The van der Waals surface area contributed by atoms with E-state index in [-0.39, 0.29) is 30.8 Å². The first kappa shape index (κ1) is 19.2. The van der Waals surface area contributed by atoms with Gasteiger partial charge in [-0.05, 0) is 25.7 Å². The maximum Gasteiger partial charge on any atom is 0.239 e. The summed E-state index contributed by atoms with van der Waals surface area (Å²) in [4.78, 5) is 25.1. The summed E-state index contributed by atoms with van der Waals surface area (Å²) in [5.74, 6) is 0.0842. The van der Waals surface area contributed by atoms with Crippen LogP contribution in [0.3, 0.4) is 0 Å². The molecule has 2 N–H and O–H groups in total. The number of nitrogens with one attached hydrogen (secondary N) is 2. The fourth-order valence-corrected chi connectivity index (χ4v) is 3.22. The van der Waals surface area contributed by atoms with Crippen LogP contribution in [0.4, 0.5) is 0 Å². The van der Waals surface area contributed by atoms with Crippen molar-refractivity contribution < 1.29 is 9.59 Å². The van der Waals surface area contributed by atoms with Crippen molar-refractivity contribution in [2.45, 2.75) is 63.8 Å². The molecule has 0 bridgehead atoms. The molecule has 1 saturated carbocycles. The van der Waals surface area contributed by atoms with Crippen LogP contribution in [-0.2, 0) is 9.59 Å². The van der Waals surface area contributed by atoms with E-state index in [1.54, 1.807) is 4.90 Å². The van der Waals surface area contributed by atoms with Crippen LogP contribution in [0.2, 0.25) is 0 Å². The van der Waals surface area contributed by atoms with Crippen LogP contribution in [0.15, 0.2) is 0 Å². The van der Waals surface area contributed by atoms with Crippen molar-refractivity contribution in [1.29, 1.82) is 0 Å². The summed E-state index contributed by atoms with van der Waals surface area (Å²) in [5.41, 5.74) is 0. The third-order valence-corrected chi connectivity index (χ3v) is 4.49. The monoisotopic (exact) mass is 331 g/mol. The Kier molecular flexibility index (Phi) is 9.48. The second kappa shape index (κ2) is 10.8. The predicted molar refractivity (Wildman–Crippen MR) is 90.2 cm³/mol. The van der Waals surface area contributed by atoms with E-state index >= 15 is 0 Å². The highest BCUT2D eigenvalue weighted by Gasteiger charge is 2.20. The molecular weight excluding hydrogens is 302 g/mol. The van der Waals surface area contributed by atoms with Crippen molar-refractivity contribution in [2.24, 2.45) is 0 Å². The SMILES string of the molecule is Cl.O=C(CN1CCCCC1=O)NCCNC1CCCCCC1. The Hall–Kier alpha value is -0.810. The van der Waals surface area contributed by atoms with Crippen molar-refractivity contribution in [3.05, 3.63) is 0 Å². The summed E-state index contributed by atoms with van der Waals surface area (Å²) in [6, 6.07) is 0.619. The van der Waals surface area contributed by atoms with Crippen molar-refractivity contribution in [3.8, 4) is 0 Å². The number of hydrogen-bond acceptors (Lipinski definition) is 3. The largest absolute Gasteiger partial charge is 0.353 e. The highest BCUT2D eigenvalue weighted by atomic mass is 35.5. The van der Waals surface area contributed by atoms with Crippen LogP contribution in [0.1, 0.15) is 57.8 Å². The summed E-state index contributed by atoms with van der Waals surface area (Å²) < 4.78 is 0. The molecule has 2 amide bonds. The summed E-state index contributed by atoms with van der Waals surface area (Å²) in [6.07, 6.45) is 10.5. The summed E-state index contributed by atoms with van der Waals surface area (Å²) in [7, 11) is 0. The molecule has 1 aliphatic carbocycles. The Morgan fingerprint density at radius 1 is 1.05 bits per heavy atom. The number of carbonyl (C=O) groups is 2. The lowest BCUT2D eigenvalue weighted by molar-refractivity contribution is -0.137. The molecule has 22 heavy (non-hydrogen) atoms. The molecule has 1 saturated heterocycles. The third-order valence-electron chi connectivity index (χ3n) is 4.49. The van der Waals surface area contributed by atoms with Crippen molar-refractivity contribution in [3.63, 3.8) is 0 Å². The fraction of sp³-hybridized carbons (Fsp3) is 0.875. The number of carbonyl (C=O) groups excluding carboxylic acids is 2. The van der Waals surface area contributed by atoms with Crippen molar-refractivity contribution in [2.75, 3.05) is 26.2 Å².